The summed E-state index contributed by atoms with van der Waals surface area (Å²) in [5.74, 6) is 0.338. The van der Waals surface area contributed by atoms with E-state index >= 15 is 0 Å². The summed E-state index contributed by atoms with van der Waals surface area (Å²) >= 11 is 5.87. The van der Waals surface area contributed by atoms with Crippen molar-refractivity contribution < 1.29 is 18.8 Å². The Morgan fingerprint density at radius 2 is 1.90 bits per heavy atom. The molecule has 0 amide bonds. The predicted molar refractivity (Wildman–Crippen MR) is 75.5 cm³/mol. The maximum absolute atomic E-state index is 12.9. The maximum Gasteiger partial charge on any atom is 0.271 e. The van der Waals surface area contributed by atoms with Crippen LogP contribution in [0.15, 0.2) is 42.5 Å². The van der Waals surface area contributed by atoms with Crippen LogP contribution in [0.4, 0.5) is 10.1 Å². The Morgan fingerprint density at radius 3 is 2.57 bits per heavy atom. The molecule has 0 aliphatic rings. The van der Waals surface area contributed by atoms with Crippen molar-refractivity contribution in [2.45, 2.75) is 0 Å². The second-order valence-electron chi connectivity index (χ2n) is 4.03. The predicted octanol–water partition coefficient (Wildman–Crippen LogP) is 3.85. The molecule has 21 heavy (non-hydrogen) atoms. The highest BCUT2D eigenvalue weighted by molar-refractivity contribution is 6.32. The number of nitrogens with zero attached hydrogens (tertiary/aromatic N) is 1. The first kappa shape index (κ1) is 15.1. The Bertz CT molecular complexity index is 651. The molecule has 0 aliphatic carbocycles. The minimum atomic E-state index is -0.539. The van der Waals surface area contributed by atoms with E-state index in [1.165, 1.54) is 30.3 Å². The summed E-state index contributed by atoms with van der Waals surface area (Å²) < 4.78 is 23.6. The van der Waals surface area contributed by atoms with Gasteiger partial charge in [0.15, 0.2) is 0 Å². The molecule has 0 saturated heterocycles. The third-order valence-electron chi connectivity index (χ3n) is 2.53. The van der Waals surface area contributed by atoms with Gasteiger partial charge in [0.05, 0.1) is 9.95 Å². The Labute approximate surface area is 125 Å². The molecule has 2 rings (SSSR count). The van der Waals surface area contributed by atoms with E-state index in [0.717, 1.165) is 0 Å². The van der Waals surface area contributed by atoms with Crippen LogP contribution in [0.3, 0.4) is 0 Å². The minimum Gasteiger partial charge on any atom is -0.490 e. The summed E-state index contributed by atoms with van der Waals surface area (Å²) in [5.41, 5.74) is -0.108. The lowest BCUT2D eigenvalue weighted by Gasteiger charge is -2.09. The van der Waals surface area contributed by atoms with Gasteiger partial charge in [-0.05, 0) is 18.2 Å². The SMILES string of the molecule is O=[N+]([O-])c1ccc(OCCOc2cccc(F)c2)c(Cl)c1. The van der Waals surface area contributed by atoms with Gasteiger partial charge in [0, 0.05) is 18.2 Å². The third kappa shape index (κ3) is 4.32. The molecule has 0 aromatic heterocycles. The maximum atomic E-state index is 12.9. The lowest BCUT2D eigenvalue weighted by atomic mass is 10.3. The Morgan fingerprint density at radius 1 is 1.14 bits per heavy atom. The average Bonchev–Trinajstić information content (AvgIpc) is 2.45. The van der Waals surface area contributed by atoms with Crippen LogP contribution in [-0.2, 0) is 0 Å². The summed E-state index contributed by atoms with van der Waals surface area (Å²) in [6, 6.07) is 9.68. The standard InChI is InChI=1S/C14H11ClFNO4/c15-13-9-11(17(18)19)4-5-14(13)21-7-6-20-12-3-1-2-10(16)8-12/h1-5,8-9H,6-7H2. The van der Waals surface area contributed by atoms with E-state index in [2.05, 4.69) is 0 Å². The van der Waals surface area contributed by atoms with E-state index in [1.807, 2.05) is 0 Å². The van der Waals surface area contributed by atoms with E-state index in [1.54, 1.807) is 12.1 Å². The third-order valence-corrected chi connectivity index (χ3v) is 2.83. The Kier molecular flexibility index (Phi) is 4.94. The largest absolute Gasteiger partial charge is 0.490 e. The molecule has 0 atom stereocenters. The Balaban J connectivity index is 1.85. The first-order chi connectivity index (χ1) is 10.1. The lowest BCUT2D eigenvalue weighted by molar-refractivity contribution is -0.384. The van der Waals surface area contributed by atoms with Crippen molar-refractivity contribution >= 4 is 17.3 Å². The lowest BCUT2D eigenvalue weighted by Crippen LogP contribution is -2.09. The van der Waals surface area contributed by atoms with Crippen molar-refractivity contribution in [2.75, 3.05) is 13.2 Å². The molecule has 0 unspecified atom stereocenters. The van der Waals surface area contributed by atoms with Gasteiger partial charge in [0.2, 0.25) is 0 Å². The zero-order valence-electron chi connectivity index (χ0n) is 10.8. The van der Waals surface area contributed by atoms with Gasteiger partial charge in [-0.3, -0.25) is 10.1 Å². The smallest absolute Gasteiger partial charge is 0.271 e. The van der Waals surface area contributed by atoms with Gasteiger partial charge in [0.25, 0.3) is 5.69 Å². The molecule has 0 radical (unpaired) electrons. The fourth-order valence-corrected chi connectivity index (χ4v) is 1.82. The van der Waals surface area contributed by atoms with Crippen LogP contribution in [0, 0.1) is 15.9 Å². The zero-order valence-corrected chi connectivity index (χ0v) is 11.5. The molecule has 5 nitrogen and oxygen atoms in total. The van der Waals surface area contributed by atoms with Crippen LogP contribution in [0.2, 0.25) is 5.02 Å². The second-order valence-corrected chi connectivity index (χ2v) is 4.43. The highest BCUT2D eigenvalue weighted by Gasteiger charge is 2.10. The van der Waals surface area contributed by atoms with E-state index in [0.29, 0.717) is 11.5 Å². The van der Waals surface area contributed by atoms with Crippen molar-refractivity contribution in [3.8, 4) is 11.5 Å². The van der Waals surface area contributed by atoms with Gasteiger partial charge in [-0.1, -0.05) is 17.7 Å². The Hall–Kier alpha value is -2.34. The number of nitro groups is 1. The quantitative estimate of drug-likeness (QED) is 0.462. The van der Waals surface area contributed by atoms with Gasteiger partial charge in [-0.2, -0.15) is 0 Å². The van der Waals surface area contributed by atoms with E-state index in [9.17, 15) is 14.5 Å². The van der Waals surface area contributed by atoms with Gasteiger partial charge < -0.3 is 9.47 Å². The fourth-order valence-electron chi connectivity index (χ4n) is 1.59. The van der Waals surface area contributed by atoms with Gasteiger partial charge in [-0.15, -0.1) is 0 Å². The molecule has 0 bridgehead atoms. The van der Waals surface area contributed by atoms with Crippen molar-refractivity contribution in [2.24, 2.45) is 0 Å². The summed E-state index contributed by atoms with van der Waals surface area (Å²) in [6.45, 7) is 0.366. The molecule has 7 heteroatoms. The van der Waals surface area contributed by atoms with Crippen molar-refractivity contribution in [3.63, 3.8) is 0 Å². The van der Waals surface area contributed by atoms with Gasteiger partial charge in [0.1, 0.15) is 30.5 Å². The molecule has 0 saturated carbocycles. The zero-order chi connectivity index (χ0) is 15.2. The number of hydrogen-bond donors (Lipinski definition) is 0. The summed E-state index contributed by atoms with van der Waals surface area (Å²) in [7, 11) is 0. The number of nitro benzene ring substituents is 1. The van der Waals surface area contributed by atoms with Crippen molar-refractivity contribution in [3.05, 3.63) is 63.4 Å². The number of rotatable bonds is 6. The van der Waals surface area contributed by atoms with Crippen LogP contribution >= 0.6 is 11.6 Å². The summed E-state index contributed by atoms with van der Waals surface area (Å²) in [6.07, 6.45) is 0. The number of halogens is 2. The number of benzene rings is 2. The van der Waals surface area contributed by atoms with E-state index in [4.69, 9.17) is 21.1 Å². The molecule has 0 fully saturated rings. The highest BCUT2D eigenvalue weighted by Crippen LogP contribution is 2.28. The first-order valence-corrected chi connectivity index (χ1v) is 6.39. The highest BCUT2D eigenvalue weighted by atomic mass is 35.5. The molecular weight excluding hydrogens is 301 g/mol. The second kappa shape index (κ2) is 6.90. The van der Waals surface area contributed by atoms with Crippen LogP contribution < -0.4 is 9.47 Å². The molecular formula is C14H11ClFNO4. The molecule has 2 aromatic rings. The number of non-ortho nitro benzene ring substituents is 1. The molecule has 110 valence electrons. The summed E-state index contributed by atoms with van der Waals surface area (Å²) in [5, 5.41) is 10.7. The number of hydrogen-bond acceptors (Lipinski definition) is 4. The van der Waals surface area contributed by atoms with Crippen molar-refractivity contribution in [1.82, 2.24) is 0 Å². The molecule has 2 aromatic carbocycles. The minimum absolute atomic E-state index is 0.108. The number of ether oxygens (including phenoxy) is 2. The normalized spacial score (nSPS) is 10.2. The molecule has 0 spiro atoms. The monoisotopic (exact) mass is 311 g/mol. The summed E-state index contributed by atoms with van der Waals surface area (Å²) in [4.78, 5) is 10.0. The van der Waals surface area contributed by atoms with Gasteiger partial charge >= 0.3 is 0 Å². The first-order valence-electron chi connectivity index (χ1n) is 6.01. The molecule has 0 N–H and O–H groups in total. The fraction of sp³-hybridized carbons (Fsp3) is 0.143. The average molecular weight is 312 g/mol. The molecule has 0 aliphatic heterocycles. The van der Waals surface area contributed by atoms with Crippen LogP contribution in [0.1, 0.15) is 0 Å². The topological polar surface area (TPSA) is 61.6 Å². The van der Waals surface area contributed by atoms with E-state index in [-0.39, 0.29) is 29.7 Å². The van der Waals surface area contributed by atoms with Crippen LogP contribution in [0.5, 0.6) is 11.5 Å². The van der Waals surface area contributed by atoms with Crippen molar-refractivity contribution in [1.29, 1.82) is 0 Å². The van der Waals surface area contributed by atoms with Gasteiger partial charge in [-0.25, -0.2) is 4.39 Å². The molecule has 0 heterocycles. The van der Waals surface area contributed by atoms with Crippen LogP contribution in [0.25, 0.3) is 0 Å². The van der Waals surface area contributed by atoms with Crippen LogP contribution in [-0.4, -0.2) is 18.1 Å². The van der Waals surface area contributed by atoms with E-state index < -0.39 is 4.92 Å².